The first-order valence-electron chi connectivity index (χ1n) is 6.15. The predicted molar refractivity (Wildman–Crippen MR) is 83.6 cm³/mol. The van der Waals surface area contributed by atoms with Crippen LogP contribution in [0.1, 0.15) is 20.9 Å². The zero-order valence-corrected chi connectivity index (χ0v) is 13.2. The summed E-state index contributed by atoms with van der Waals surface area (Å²) in [5.74, 6) is 0.664. The number of nitrogens with one attached hydrogen (secondary N) is 1. The third-order valence-corrected chi connectivity index (χ3v) is 4.04. The molecule has 0 aromatic carbocycles. The maximum absolute atomic E-state index is 12.4. The molecule has 0 spiro atoms. The van der Waals surface area contributed by atoms with Gasteiger partial charge in [-0.3, -0.25) is 4.79 Å². The fourth-order valence-electron chi connectivity index (χ4n) is 1.88. The predicted octanol–water partition coefficient (Wildman–Crippen LogP) is 3.42. The lowest BCUT2D eigenvalue weighted by molar-refractivity contribution is 0.0786. The second-order valence-corrected chi connectivity index (χ2v) is 6.30. The molecule has 0 radical (unpaired) electrons. The van der Waals surface area contributed by atoms with E-state index in [9.17, 15) is 4.79 Å². The molecule has 1 N–H and O–H groups in total. The molecule has 2 aromatic rings. The van der Waals surface area contributed by atoms with Gasteiger partial charge in [-0.05, 0) is 31.2 Å². The van der Waals surface area contributed by atoms with Gasteiger partial charge in [0.2, 0.25) is 0 Å². The van der Waals surface area contributed by atoms with E-state index in [0.29, 0.717) is 17.9 Å². The Hall–Kier alpha value is -1.59. The lowest BCUT2D eigenvalue weighted by Crippen LogP contribution is -2.26. The summed E-state index contributed by atoms with van der Waals surface area (Å²) in [4.78, 5) is 19.4. The highest BCUT2D eigenvalue weighted by atomic mass is 35.5. The lowest BCUT2D eigenvalue weighted by Gasteiger charge is -2.17. The monoisotopic (exact) mass is 309 g/mol. The number of carbonyl (C=O) groups excluding carboxylic acids is 1. The molecule has 0 saturated heterocycles. The highest BCUT2D eigenvalue weighted by molar-refractivity contribution is 7.16. The highest BCUT2D eigenvalue weighted by Crippen LogP contribution is 2.23. The van der Waals surface area contributed by atoms with Crippen LogP contribution in [0, 0.1) is 6.92 Å². The number of aryl methyl sites for hydroxylation is 1. The summed E-state index contributed by atoms with van der Waals surface area (Å²) in [6.45, 7) is 2.42. The number of nitrogens with zero attached hydrogens (tertiary/aromatic N) is 2. The molecule has 6 heteroatoms. The Balaban J connectivity index is 2.15. The van der Waals surface area contributed by atoms with Crippen molar-refractivity contribution >= 4 is 34.7 Å². The molecule has 0 bridgehead atoms. The van der Waals surface area contributed by atoms with E-state index in [1.54, 1.807) is 31.1 Å². The minimum Gasteiger partial charge on any atom is -0.373 e. The fourth-order valence-corrected chi connectivity index (χ4v) is 3.02. The maximum Gasteiger partial charge on any atom is 0.254 e. The highest BCUT2D eigenvalue weighted by Gasteiger charge is 2.14. The minimum atomic E-state index is -0.0310. The van der Waals surface area contributed by atoms with Gasteiger partial charge in [0, 0.05) is 30.2 Å². The minimum absolute atomic E-state index is 0.0310. The van der Waals surface area contributed by atoms with Gasteiger partial charge in [0.25, 0.3) is 5.91 Å². The quantitative estimate of drug-likeness (QED) is 0.941. The molecule has 0 atom stereocenters. The summed E-state index contributed by atoms with van der Waals surface area (Å²) in [5, 5.41) is 2.96. The molecular weight excluding hydrogens is 294 g/mol. The number of aromatic nitrogens is 1. The van der Waals surface area contributed by atoms with Crippen molar-refractivity contribution in [2.45, 2.75) is 13.5 Å². The van der Waals surface area contributed by atoms with Gasteiger partial charge in [0.1, 0.15) is 5.82 Å². The van der Waals surface area contributed by atoms with Crippen LogP contribution in [0.15, 0.2) is 24.3 Å². The van der Waals surface area contributed by atoms with Gasteiger partial charge in [0.05, 0.1) is 10.9 Å². The van der Waals surface area contributed by atoms with E-state index in [-0.39, 0.29) is 5.91 Å². The number of halogens is 1. The third-order valence-electron chi connectivity index (χ3n) is 2.83. The molecule has 0 saturated carbocycles. The first-order chi connectivity index (χ1) is 9.49. The molecule has 20 heavy (non-hydrogen) atoms. The van der Waals surface area contributed by atoms with E-state index >= 15 is 0 Å². The number of amides is 1. The number of pyridine rings is 1. The van der Waals surface area contributed by atoms with Crippen molar-refractivity contribution in [3.05, 3.63) is 44.7 Å². The number of rotatable bonds is 4. The Bertz CT molecular complexity index is 627. The van der Waals surface area contributed by atoms with Crippen LogP contribution in [0.4, 0.5) is 5.82 Å². The van der Waals surface area contributed by atoms with Gasteiger partial charge < -0.3 is 10.2 Å². The molecule has 0 aliphatic rings. The maximum atomic E-state index is 12.4. The second-order valence-electron chi connectivity index (χ2n) is 4.50. The van der Waals surface area contributed by atoms with Gasteiger partial charge in [-0.25, -0.2) is 4.98 Å². The van der Waals surface area contributed by atoms with Crippen LogP contribution >= 0.6 is 22.9 Å². The Morgan fingerprint density at radius 1 is 1.45 bits per heavy atom. The molecular formula is C14H16ClN3OS. The van der Waals surface area contributed by atoms with Crippen LogP contribution in [-0.4, -0.2) is 29.9 Å². The number of anilines is 1. The Morgan fingerprint density at radius 3 is 2.80 bits per heavy atom. The van der Waals surface area contributed by atoms with Crippen molar-refractivity contribution in [1.82, 2.24) is 9.88 Å². The number of thiophene rings is 1. The zero-order chi connectivity index (χ0) is 14.7. The van der Waals surface area contributed by atoms with Crippen LogP contribution in [0.3, 0.4) is 0 Å². The molecule has 0 fully saturated rings. The number of hydrogen-bond donors (Lipinski definition) is 1. The largest absolute Gasteiger partial charge is 0.373 e. The normalized spacial score (nSPS) is 10.4. The lowest BCUT2D eigenvalue weighted by atomic mass is 10.2. The SMILES string of the molecule is CNc1cc(C(=O)N(C)Cc2ccc(Cl)s2)cc(C)n1. The molecule has 1 amide bonds. The Labute approximate surface area is 127 Å². The molecule has 0 unspecified atom stereocenters. The second kappa shape index (κ2) is 6.24. The van der Waals surface area contributed by atoms with Crippen molar-refractivity contribution in [3.8, 4) is 0 Å². The first-order valence-corrected chi connectivity index (χ1v) is 7.35. The molecule has 4 nitrogen and oxygen atoms in total. The number of carbonyl (C=O) groups is 1. The summed E-state index contributed by atoms with van der Waals surface area (Å²) in [7, 11) is 3.57. The van der Waals surface area contributed by atoms with Crippen LogP contribution in [0.25, 0.3) is 0 Å². The van der Waals surface area contributed by atoms with Gasteiger partial charge in [-0.15, -0.1) is 11.3 Å². The first kappa shape index (κ1) is 14.8. The van der Waals surface area contributed by atoms with E-state index in [1.807, 2.05) is 19.1 Å². The van der Waals surface area contributed by atoms with Gasteiger partial charge in [-0.2, -0.15) is 0 Å². The summed E-state index contributed by atoms with van der Waals surface area (Å²) in [5.41, 5.74) is 1.44. The Morgan fingerprint density at radius 2 is 2.20 bits per heavy atom. The molecule has 0 aliphatic carbocycles. The standard InChI is InChI=1S/C14H16ClN3OS/c1-9-6-10(7-13(16-2)17-9)14(19)18(3)8-11-4-5-12(15)20-11/h4-7H,8H2,1-3H3,(H,16,17). The molecule has 106 valence electrons. The molecule has 0 aliphatic heterocycles. The van der Waals surface area contributed by atoms with Crippen molar-refractivity contribution in [3.63, 3.8) is 0 Å². The van der Waals surface area contributed by atoms with Crippen LogP contribution in [0.5, 0.6) is 0 Å². The van der Waals surface area contributed by atoms with Crippen molar-refractivity contribution in [1.29, 1.82) is 0 Å². The average molecular weight is 310 g/mol. The summed E-state index contributed by atoms with van der Waals surface area (Å²) in [6, 6.07) is 7.33. The average Bonchev–Trinajstić information content (AvgIpc) is 2.82. The molecule has 2 heterocycles. The zero-order valence-electron chi connectivity index (χ0n) is 11.6. The molecule has 2 aromatic heterocycles. The van der Waals surface area contributed by atoms with Crippen molar-refractivity contribution < 1.29 is 4.79 Å². The smallest absolute Gasteiger partial charge is 0.254 e. The van der Waals surface area contributed by atoms with Crippen molar-refractivity contribution in [2.24, 2.45) is 0 Å². The van der Waals surface area contributed by atoms with Crippen LogP contribution < -0.4 is 5.32 Å². The summed E-state index contributed by atoms with van der Waals surface area (Å²) < 4.78 is 0.734. The van der Waals surface area contributed by atoms with Crippen molar-refractivity contribution in [2.75, 3.05) is 19.4 Å². The van der Waals surface area contributed by atoms with E-state index in [1.165, 1.54) is 11.3 Å². The molecule has 2 rings (SSSR count). The van der Waals surface area contributed by atoms with Crippen LogP contribution in [-0.2, 0) is 6.54 Å². The van der Waals surface area contributed by atoms with E-state index in [4.69, 9.17) is 11.6 Å². The summed E-state index contributed by atoms with van der Waals surface area (Å²) in [6.07, 6.45) is 0. The number of hydrogen-bond acceptors (Lipinski definition) is 4. The fraction of sp³-hybridized carbons (Fsp3) is 0.286. The van der Waals surface area contributed by atoms with Gasteiger partial charge >= 0.3 is 0 Å². The topological polar surface area (TPSA) is 45.2 Å². The third kappa shape index (κ3) is 3.49. The van der Waals surface area contributed by atoms with Gasteiger partial charge in [0.15, 0.2) is 0 Å². The van der Waals surface area contributed by atoms with E-state index in [2.05, 4.69) is 10.3 Å². The van der Waals surface area contributed by atoms with E-state index in [0.717, 1.165) is 14.9 Å². The van der Waals surface area contributed by atoms with Gasteiger partial charge in [-0.1, -0.05) is 11.6 Å². The van der Waals surface area contributed by atoms with Crippen LogP contribution in [0.2, 0.25) is 4.34 Å². The summed E-state index contributed by atoms with van der Waals surface area (Å²) >= 11 is 7.39. The Kier molecular flexibility index (Phi) is 4.62. The van der Waals surface area contributed by atoms with E-state index < -0.39 is 0 Å².